The molecule has 1 fully saturated rings. The van der Waals surface area contributed by atoms with Crippen molar-refractivity contribution in [3.63, 3.8) is 0 Å². The van der Waals surface area contributed by atoms with Crippen LogP contribution in [0.25, 0.3) is 0 Å². The number of aryl methyl sites for hydroxylation is 1. The molecular weight excluding hydrogens is 266 g/mol. The maximum atomic E-state index is 12.0. The summed E-state index contributed by atoms with van der Waals surface area (Å²) < 4.78 is 0.865. The van der Waals surface area contributed by atoms with Crippen molar-refractivity contribution in [3.05, 3.63) is 33.8 Å². The molecule has 2 unspecified atom stereocenters. The molecule has 1 aliphatic rings. The topological polar surface area (TPSA) is 29.1 Å². The lowest BCUT2D eigenvalue weighted by atomic mass is 10.1. The van der Waals surface area contributed by atoms with Crippen LogP contribution in [0, 0.1) is 12.8 Å². The molecule has 1 aromatic rings. The Bertz CT molecular complexity index is 416. The van der Waals surface area contributed by atoms with Gasteiger partial charge in [-0.2, -0.15) is 0 Å². The normalized spacial score (nSPS) is 22.9. The largest absolute Gasteiger partial charge is 0.349 e. The van der Waals surface area contributed by atoms with Gasteiger partial charge in [-0.3, -0.25) is 4.79 Å². The first-order chi connectivity index (χ1) is 7.61. The van der Waals surface area contributed by atoms with Crippen molar-refractivity contribution in [1.82, 2.24) is 5.32 Å². The minimum Gasteiger partial charge on any atom is -0.349 e. The molecule has 1 amide bonds. The van der Waals surface area contributed by atoms with Crippen LogP contribution in [-0.4, -0.2) is 11.9 Å². The van der Waals surface area contributed by atoms with Gasteiger partial charge in [0.2, 0.25) is 0 Å². The smallest absolute Gasteiger partial charge is 0.252 e. The number of hydrogen-bond donors (Lipinski definition) is 1. The maximum absolute atomic E-state index is 12.0. The lowest BCUT2D eigenvalue weighted by molar-refractivity contribution is 0.0948. The van der Waals surface area contributed by atoms with Gasteiger partial charge >= 0.3 is 0 Å². The number of hydrogen-bond acceptors (Lipinski definition) is 1. The average molecular weight is 282 g/mol. The Balaban J connectivity index is 2.06. The van der Waals surface area contributed by atoms with Gasteiger partial charge in [-0.1, -0.05) is 25.0 Å². The van der Waals surface area contributed by atoms with E-state index in [2.05, 4.69) is 28.2 Å². The molecule has 0 aliphatic heterocycles. The van der Waals surface area contributed by atoms with E-state index in [0.29, 0.717) is 12.0 Å². The molecule has 0 aromatic heterocycles. The average Bonchev–Trinajstić information content (AvgIpc) is 3.00. The second kappa shape index (κ2) is 4.58. The summed E-state index contributed by atoms with van der Waals surface area (Å²) in [4.78, 5) is 12.0. The Labute approximate surface area is 105 Å². The van der Waals surface area contributed by atoms with Crippen LogP contribution in [0.3, 0.4) is 0 Å². The second-order valence-corrected chi connectivity index (χ2v) is 5.32. The zero-order chi connectivity index (χ0) is 11.7. The standard InChI is InChI=1S/C13H16BrNO/c1-3-9-7-12(9)15-13(16)10-6-8(2)4-5-11(10)14/h4-6,9,12H,3,7H2,1-2H3,(H,15,16). The Morgan fingerprint density at radius 2 is 2.31 bits per heavy atom. The molecule has 2 rings (SSSR count). The molecule has 0 spiro atoms. The van der Waals surface area contributed by atoms with Crippen LogP contribution in [0.5, 0.6) is 0 Å². The van der Waals surface area contributed by atoms with Crippen molar-refractivity contribution in [3.8, 4) is 0 Å². The molecule has 0 saturated heterocycles. The highest BCUT2D eigenvalue weighted by atomic mass is 79.9. The first-order valence-electron chi connectivity index (χ1n) is 5.69. The summed E-state index contributed by atoms with van der Waals surface area (Å²) in [5.74, 6) is 0.726. The van der Waals surface area contributed by atoms with Gasteiger partial charge in [-0.15, -0.1) is 0 Å². The second-order valence-electron chi connectivity index (χ2n) is 4.47. The van der Waals surface area contributed by atoms with Crippen molar-refractivity contribution in [2.75, 3.05) is 0 Å². The minimum absolute atomic E-state index is 0.0384. The predicted octanol–water partition coefficient (Wildman–Crippen LogP) is 3.29. The first kappa shape index (κ1) is 11.6. The third kappa shape index (κ3) is 2.46. The summed E-state index contributed by atoms with van der Waals surface area (Å²) in [6, 6.07) is 6.23. The summed E-state index contributed by atoms with van der Waals surface area (Å²) >= 11 is 3.41. The third-order valence-electron chi connectivity index (χ3n) is 3.13. The number of benzene rings is 1. The van der Waals surface area contributed by atoms with Gasteiger partial charge in [0.15, 0.2) is 0 Å². The summed E-state index contributed by atoms with van der Waals surface area (Å²) in [6.45, 7) is 4.16. The Kier molecular flexibility index (Phi) is 3.33. The third-order valence-corrected chi connectivity index (χ3v) is 3.82. The fourth-order valence-corrected chi connectivity index (χ4v) is 2.36. The van der Waals surface area contributed by atoms with Crippen LogP contribution in [-0.2, 0) is 0 Å². The van der Waals surface area contributed by atoms with Crippen molar-refractivity contribution < 1.29 is 4.79 Å². The highest BCUT2D eigenvalue weighted by Crippen LogP contribution is 2.33. The summed E-state index contributed by atoms with van der Waals surface area (Å²) in [5, 5.41) is 3.07. The van der Waals surface area contributed by atoms with Gasteiger partial charge in [-0.25, -0.2) is 0 Å². The van der Waals surface area contributed by atoms with E-state index in [1.165, 1.54) is 0 Å². The number of halogens is 1. The number of carbonyl (C=O) groups excluding carboxylic acids is 1. The van der Waals surface area contributed by atoms with Crippen LogP contribution in [0.1, 0.15) is 35.7 Å². The number of amides is 1. The molecule has 1 saturated carbocycles. The highest BCUT2D eigenvalue weighted by molar-refractivity contribution is 9.10. The number of carbonyl (C=O) groups is 1. The lowest BCUT2D eigenvalue weighted by Crippen LogP contribution is -2.27. The van der Waals surface area contributed by atoms with Gasteiger partial charge in [0, 0.05) is 10.5 Å². The van der Waals surface area contributed by atoms with Crippen molar-refractivity contribution in [2.24, 2.45) is 5.92 Å². The van der Waals surface area contributed by atoms with Crippen molar-refractivity contribution in [1.29, 1.82) is 0 Å². The van der Waals surface area contributed by atoms with Gasteiger partial charge in [0.1, 0.15) is 0 Å². The van der Waals surface area contributed by atoms with Gasteiger partial charge in [0.25, 0.3) is 5.91 Å². The van der Waals surface area contributed by atoms with Gasteiger partial charge in [0.05, 0.1) is 5.56 Å². The molecule has 1 N–H and O–H groups in total. The molecule has 2 nitrogen and oxygen atoms in total. The molecular formula is C13H16BrNO. The Hall–Kier alpha value is -0.830. The monoisotopic (exact) mass is 281 g/mol. The molecule has 3 heteroatoms. The zero-order valence-corrected chi connectivity index (χ0v) is 11.2. The number of nitrogens with one attached hydrogen (secondary N) is 1. The van der Waals surface area contributed by atoms with Gasteiger partial charge < -0.3 is 5.32 Å². The van der Waals surface area contributed by atoms with E-state index >= 15 is 0 Å². The molecule has 1 aromatic carbocycles. The van der Waals surface area contributed by atoms with E-state index in [1.54, 1.807) is 0 Å². The summed E-state index contributed by atoms with van der Waals surface area (Å²) in [6.07, 6.45) is 2.28. The van der Waals surface area contributed by atoms with E-state index in [9.17, 15) is 4.79 Å². The molecule has 2 atom stereocenters. The number of rotatable bonds is 3. The molecule has 86 valence electrons. The predicted molar refractivity (Wildman–Crippen MR) is 68.5 cm³/mol. The Morgan fingerprint density at radius 1 is 1.56 bits per heavy atom. The van der Waals surface area contributed by atoms with E-state index in [0.717, 1.165) is 28.4 Å². The van der Waals surface area contributed by atoms with E-state index in [4.69, 9.17) is 0 Å². The summed E-state index contributed by atoms with van der Waals surface area (Å²) in [7, 11) is 0. The fraction of sp³-hybridized carbons (Fsp3) is 0.462. The van der Waals surface area contributed by atoms with Crippen LogP contribution >= 0.6 is 15.9 Å². The van der Waals surface area contributed by atoms with E-state index in [-0.39, 0.29) is 5.91 Å². The molecule has 1 aliphatic carbocycles. The molecule has 16 heavy (non-hydrogen) atoms. The van der Waals surface area contributed by atoms with Crippen molar-refractivity contribution >= 4 is 21.8 Å². The van der Waals surface area contributed by atoms with Gasteiger partial charge in [-0.05, 0) is 47.3 Å². The van der Waals surface area contributed by atoms with E-state index in [1.807, 2.05) is 25.1 Å². The SMILES string of the molecule is CCC1CC1NC(=O)c1cc(C)ccc1Br. The van der Waals surface area contributed by atoms with Crippen molar-refractivity contribution in [2.45, 2.75) is 32.7 Å². The maximum Gasteiger partial charge on any atom is 0.252 e. The highest BCUT2D eigenvalue weighted by Gasteiger charge is 2.36. The fourth-order valence-electron chi connectivity index (χ4n) is 1.93. The summed E-state index contributed by atoms with van der Waals surface area (Å²) in [5.41, 5.74) is 1.85. The van der Waals surface area contributed by atoms with Crippen LogP contribution < -0.4 is 5.32 Å². The zero-order valence-electron chi connectivity index (χ0n) is 9.59. The first-order valence-corrected chi connectivity index (χ1v) is 6.48. The lowest BCUT2D eigenvalue weighted by Gasteiger charge is -2.07. The minimum atomic E-state index is 0.0384. The molecule has 0 heterocycles. The van der Waals surface area contributed by atoms with E-state index < -0.39 is 0 Å². The molecule has 0 bridgehead atoms. The van der Waals surface area contributed by atoms with Crippen LogP contribution in [0.4, 0.5) is 0 Å². The van der Waals surface area contributed by atoms with Crippen LogP contribution in [0.2, 0.25) is 0 Å². The molecule has 0 radical (unpaired) electrons. The quantitative estimate of drug-likeness (QED) is 0.905. The Morgan fingerprint density at radius 3 is 2.94 bits per heavy atom. The van der Waals surface area contributed by atoms with Crippen LogP contribution in [0.15, 0.2) is 22.7 Å².